The van der Waals surface area contributed by atoms with Gasteiger partial charge in [0.25, 0.3) is 11.1 Å². The second-order valence-electron chi connectivity index (χ2n) is 5.35. The maximum Gasteiger partial charge on any atom is 0.252 e. The summed E-state index contributed by atoms with van der Waals surface area (Å²) in [5.74, 6) is 1.34. The number of ether oxygens (including phenoxy) is 2. The molecule has 0 radical (unpaired) electrons. The summed E-state index contributed by atoms with van der Waals surface area (Å²) in [6.07, 6.45) is 0. The Morgan fingerprint density at radius 2 is 1.26 bits per heavy atom. The van der Waals surface area contributed by atoms with Gasteiger partial charge in [0.1, 0.15) is 11.5 Å². The molecule has 0 atom stereocenters. The third-order valence-electron chi connectivity index (χ3n) is 3.27. The number of methoxy groups -OCH3 is 2. The smallest absolute Gasteiger partial charge is 0.252 e. The van der Waals surface area contributed by atoms with Crippen molar-refractivity contribution in [3.05, 3.63) is 59.7 Å². The number of nitrogens with one attached hydrogen (secondary N) is 1. The van der Waals surface area contributed by atoms with Crippen LogP contribution in [0.4, 0.5) is 0 Å². The number of benzene rings is 2. The molecule has 0 heterocycles. The van der Waals surface area contributed by atoms with Crippen LogP contribution in [-0.2, 0) is 0 Å². The predicted molar refractivity (Wildman–Crippen MR) is 127 cm³/mol. The van der Waals surface area contributed by atoms with Gasteiger partial charge in [0.15, 0.2) is 0 Å². The SMILES string of the molecule is COc1ccc(C(=O)Cl)cc1.COc1ccc(C(=O)NCCN)cc1.NCCN.[2H]CC. The molecule has 0 aromatic heterocycles. The summed E-state index contributed by atoms with van der Waals surface area (Å²) >= 11 is 5.22. The minimum Gasteiger partial charge on any atom is -0.497 e. The number of amides is 1. The topological polar surface area (TPSA) is 143 Å². The predicted octanol–water partition coefficient (Wildman–Crippen LogP) is 2.39. The highest BCUT2D eigenvalue weighted by Gasteiger charge is 2.03. The second kappa shape index (κ2) is 20.6. The first kappa shape index (κ1) is 28.4. The Kier molecular flexibility index (Phi) is 18.9. The van der Waals surface area contributed by atoms with Gasteiger partial charge >= 0.3 is 0 Å². The van der Waals surface area contributed by atoms with Gasteiger partial charge in [0.2, 0.25) is 0 Å². The quantitative estimate of drug-likeness (QED) is 0.469. The number of halogens is 1. The normalized spacial score (nSPS) is 9.19. The lowest BCUT2D eigenvalue weighted by Gasteiger charge is -2.04. The summed E-state index contributed by atoms with van der Waals surface area (Å²) in [4.78, 5) is 22.0. The molecule has 2 rings (SSSR count). The van der Waals surface area contributed by atoms with E-state index in [2.05, 4.69) is 5.32 Å². The van der Waals surface area contributed by atoms with Crippen LogP contribution in [0.25, 0.3) is 0 Å². The molecule has 9 heteroatoms. The molecular weight excluding hydrogens is 420 g/mol. The summed E-state index contributed by atoms with van der Waals surface area (Å²) in [6, 6.07) is 13.5. The van der Waals surface area contributed by atoms with E-state index in [0.29, 0.717) is 50.0 Å². The Hall–Kier alpha value is -2.65. The third kappa shape index (κ3) is 14.9. The maximum absolute atomic E-state index is 11.4. The number of hydrogen-bond acceptors (Lipinski definition) is 7. The van der Waals surface area contributed by atoms with Gasteiger partial charge < -0.3 is 32.0 Å². The average Bonchev–Trinajstić information content (AvgIpc) is 2.83. The highest BCUT2D eigenvalue weighted by atomic mass is 35.5. The fourth-order valence-electron chi connectivity index (χ4n) is 1.75. The molecule has 0 spiro atoms. The average molecular weight is 456 g/mol. The Morgan fingerprint density at radius 1 is 0.871 bits per heavy atom. The van der Waals surface area contributed by atoms with Crippen LogP contribution in [0.2, 0.25) is 0 Å². The van der Waals surface area contributed by atoms with Gasteiger partial charge in [-0.25, -0.2) is 0 Å². The summed E-state index contributed by atoms with van der Waals surface area (Å²) in [5.41, 5.74) is 16.2. The fraction of sp³-hybridized carbons (Fsp3) is 0.364. The zero-order chi connectivity index (χ0) is 24.8. The van der Waals surface area contributed by atoms with E-state index in [9.17, 15) is 9.59 Å². The van der Waals surface area contributed by atoms with Crippen LogP contribution < -0.4 is 32.0 Å². The molecule has 0 aliphatic heterocycles. The van der Waals surface area contributed by atoms with Crippen molar-refractivity contribution in [1.29, 1.82) is 0 Å². The molecule has 0 bridgehead atoms. The third-order valence-corrected chi connectivity index (χ3v) is 3.48. The van der Waals surface area contributed by atoms with E-state index in [0.717, 1.165) is 5.75 Å². The summed E-state index contributed by atoms with van der Waals surface area (Å²) in [5, 5.41) is 2.23. The van der Waals surface area contributed by atoms with Gasteiger partial charge in [-0.05, 0) is 60.1 Å². The second-order valence-corrected chi connectivity index (χ2v) is 5.70. The highest BCUT2D eigenvalue weighted by Crippen LogP contribution is 2.12. The standard InChI is InChI=1S/C10H14N2O2.C8H7ClO2.C2H8N2.C2H6/c1-14-9-4-2-8(3-5-9)10(13)12-7-6-11;1-11-7-4-2-6(3-5-7)8(9)10;3-1-2-4;1-2/h2-5H,6-7,11H2,1H3,(H,12,13);2-5H,1H3;1-4H2;1-2H3/i;;;1D. The molecule has 1 amide bonds. The molecule has 0 unspecified atom stereocenters. The van der Waals surface area contributed by atoms with E-state index in [1.807, 2.05) is 0 Å². The first-order chi connectivity index (χ1) is 15.3. The van der Waals surface area contributed by atoms with Crippen molar-refractivity contribution in [3.8, 4) is 11.5 Å². The molecule has 0 aliphatic rings. The molecule has 0 aliphatic carbocycles. The van der Waals surface area contributed by atoms with E-state index in [-0.39, 0.29) is 5.91 Å². The van der Waals surface area contributed by atoms with Crippen LogP contribution in [0, 0.1) is 0 Å². The van der Waals surface area contributed by atoms with Crippen molar-refractivity contribution in [1.82, 2.24) is 5.32 Å². The molecule has 8 nitrogen and oxygen atoms in total. The summed E-state index contributed by atoms with van der Waals surface area (Å²) in [6.45, 7) is 4.42. The van der Waals surface area contributed by atoms with Crippen molar-refractivity contribution in [3.63, 3.8) is 0 Å². The van der Waals surface area contributed by atoms with Crippen LogP contribution in [0.3, 0.4) is 0 Å². The van der Waals surface area contributed by atoms with Crippen molar-refractivity contribution in [2.75, 3.05) is 40.4 Å². The van der Waals surface area contributed by atoms with Crippen LogP contribution in [0.1, 0.15) is 35.9 Å². The Morgan fingerprint density at radius 3 is 1.55 bits per heavy atom. The lowest BCUT2D eigenvalue weighted by molar-refractivity contribution is 0.0954. The summed E-state index contributed by atoms with van der Waals surface area (Å²) < 4.78 is 16.1. The van der Waals surface area contributed by atoms with Crippen molar-refractivity contribution in [2.24, 2.45) is 17.2 Å². The minimum absolute atomic E-state index is 0.113. The van der Waals surface area contributed by atoms with Gasteiger partial charge in [0, 0.05) is 38.7 Å². The maximum atomic E-state index is 11.4. The largest absolute Gasteiger partial charge is 0.497 e. The van der Waals surface area contributed by atoms with Crippen LogP contribution in [0.15, 0.2) is 48.5 Å². The van der Waals surface area contributed by atoms with Crippen LogP contribution in [-0.4, -0.2) is 51.5 Å². The molecule has 7 N–H and O–H groups in total. The zero-order valence-corrected chi connectivity index (χ0v) is 19.2. The number of carbonyl (C=O) groups excluding carboxylic acids is 2. The number of rotatable bonds is 7. The Balaban J connectivity index is 0. The molecule has 2 aromatic carbocycles. The van der Waals surface area contributed by atoms with Gasteiger partial charge in [-0.2, -0.15) is 0 Å². The Bertz CT molecular complexity index is 730. The number of hydrogen-bond donors (Lipinski definition) is 4. The van der Waals surface area contributed by atoms with E-state index in [1.54, 1.807) is 69.7 Å². The van der Waals surface area contributed by atoms with Crippen molar-refractivity contribution < 1.29 is 20.4 Å². The van der Waals surface area contributed by atoms with E-state index in [4.69, 9.17) is 39.6 Å². The van der Waals surface area contributed by atoms with Gasteiger partial charge in [-0.1, -0.05) is 13.8 Å². The lowest BCUT2D eigenvalue weighted by atomic mass is 10.2. The van der Waals surface area contributed by atoms with Gasteiger partial charge in [0.05, 0.1) is 14.2 Å². The first-order valence-corrected chi connectivity index (χ1v) is 9.88. The monoisotopic (exact) mass is 455 g/mol. The number of carbonyl (C=O) groups is 2. The van der Waals surface area contributed by atoms with Gasteiger partial charge in [-0.15, -0.1) is 0 Å². The van der Waals surface area contributed by atoms with Crippen molar-refractivity contribution >= 4 is 22.8 Å². The molecule has 0 saturated heterocycles. The van der Waals surface area contributed by atoms with E-state index in [1.165, 1.54) is 0 Å². The van der Waals surface area contributed by atoms with Crippen LogP contribution >= 0.6 is 11.6 Å². The van der Waals surface area contributed by atoms with Crippen LogP contribution in [0.5, 0.6) is 11.5 Å². The van der Waals surface area contributed by atoms with E-state index < -0.39 is 5.24 Å². The Labute approximate surface area is 191 Å². The lowest BCUT2D eigenvalue weighted by Crippen LogP contribution is -2.28. The minimum atomic E-state index is -0.451. The summed E-state index contributed by atoms with van der Waals surface area (Å²) in [7, 11) is 3.15. The fourth-order valence-corrected chi connectivity index (χ4v) is 1.88. The molecular formula is C22H35ClN4O4. The molecule has 0 saturated carbocycles. The van der Waals surface area contributed by atoms with Gasteiger partial charge in [-0.3, -0.25) is 9.59 Å². The molecule has 31 heavy (non-hydrogen) atoms. The highest BCUT2D eigenvalue weighted by molar-refractivity contribution is 6.67. The zero-order valence-electron chi connectivity index (χ0n) is 19.4. The molecule has 174 valence electrons. The first-order valence-electron chi connectivity index (χ1n) is 10.2. The number of nitrogens with two attached hydrogens (primary N) is 3. The van der Waals surface area contributed by atoms with Crippen molar-refractivity contribution in [2.45, 2.75) is 13.8 Å². The van der Waals surface area contributed by atoms with E-state index >= 15 is 0 Å². The molecule has 2 aromatic rings. The molecule has 0 fully saturated rings.